The van der Waals surface area contributed by atoms with Crippen molar-refractivity contribution < 1.29 is 0 Å². The second kappa shape index (κ2) is 6.26. The molecule has 1 rings (SSSR count). The second-order valence-electron chi connectivity index (χ2n) is 6.18. The van der Waals surface area contributed by atoms with E-state index in [2.05, 4.69) is 52.3 Å². The Morgan fingerprint density at radius 3 is 2.33 bits per heavy atom. The Morgan fingerprint density at radius 2 is 1.89 bits per heavy atom. The lowest BCUT2D eigenvalue weighted by atomic mass is 9.92. The van der Waals surface area contributed by atoms with Gasteiger partial charge in [0.1, 0.15) is 0 Å². The molecule has 1 fully saturated rings. The first-order chi connectivity index (χ1) is 8.34. The van der Waals surface area contributed by atoms with Gasteiger partial charge in [-0.1, -0.05) is 53.0 Å². The van der Waals surface area contributed by atoms with Crippen LogP contribution in [0.4, 0.5) is 0 Å². The van der Waals surface area contributed by atoms with E-state index >= 15 is 0 Å². The third-order valence-electron chi connectivity index (χ3n) is 4.11. The molecule has 1 nitrogen and oxygen atoms in total. The highest BCUT2D eigenvalue weighted by Gasteiger charge is 2.30. The Labute approximate surface area is 113 Å². The maximum atomic E-state index is 4.26. The van der Waals surface area contributed by atoms with Crippen molar-refractivity contribution in [3.05, 3.63) is 36.7 Å². The van der Waals surface area contributed by atoms with Crippen LogP contribution in [-0.4, -0.2) is 11.4 Å². The van der Waals surface area contributed by atoms with Crippen molar-refractivity contribution in [2.24, 2.45) is 17.8 Å². The van der Waals surface area contributed by atoms with Gasteiger partial charge in [0.05, 0.1) is 0 Å². The Kier molecular flexibility index (Phi) is 5.25. The molecule has 0 N–H and O–H groups in total. The van der Waals surface area contributed by atoms with Crippen LogP contribution in [0, 0.1) is 17.8 Å². The van der Waals surface area contributed by atoms with Crippen LogP contribution >= 0.6 is 0 Å². The fourth-order valence-corrected chi connectivity index (χ4v) is 2.56. The van der Waals surface area contributed by atoms with E-state index < -0.39 is 0 Å². The molecule has 0 aromatic carbocycles. The van der Waals surface area contributed by atoms with E-state index in [0.29, 0.717) is 17.8 Å². The quantitative estimate of drug-likeness (QED) is 0.598. The van der Waals surface area contributed by atoms with Crippen LogP contribution in [0.15, 0.2) is 36.7 Å². The largest absolute Gasteiger partial charge is 0.349 e. The smallest absolute Gasteiger partial charge is 0.0227 e. The summed E-state index contributed by atoms with van der Waals surface area (Å²) in [6.07, 6.45) is 3.35. The second-order valence-corrected chi connectivity index (χ2v) is 6.18. The zero-order valence-electron chi connectivity index (χ0n) is 12.6. The van der Waals surface area contributed by atoms with Crippen molar-refractivity contribution in [3.8, 4) is 0 Å². The average Bonchev–Trinajstić information content (AvgIpc) is 2.56. The Balaban J connectivity index is 2.46. The van der Waals surface area contributed by atoms with E-state index in [0.717, 1.165) is 25.8 Å². The van der Waals surface area contributed by atoms with Gasteiger partial charge in [-0.25, -0.2) is 0 Å². The van der Waals surface area contributed by atoms with Crippen LogP contribution in [0.5, 0.6) is 0 Å². The molecule has 1 atom stereocenters. The molecule has 0 radical (unpaired) electrons. The van der Waals surface area contributed by atoms with Crippen molar-refractivity contribution in [3.63, 3.8) is 0 Å². The zero-order chi connectivity index (χ0) is 13.9. The van der Waals surface area contributed by atoms with Crippen LogP contribution in [0.3, 0.4) is 0 Å². The van der Waals surface area contributed by atoms with Crippen LogP contribution < -0.4 is 0 Å². The fourth-order valence-electron chi connectivity index (χ4n) is 2.56. The third-order valence-corrected chi connectivity index (χ3v) is 4.11. The number of nitrogens with zero attached hydrogens (tertiary/aromatic N) is 1. The van der Waals surface area contributed by atoms with Crippen molar-refractivity contribution in [1.82, 2.24) is 4.90 Å². The van der Waals surface area contributed by atoms with Crippen molar-refractivity contribution in [1.29, 1.82) is 0 Å². The summed E-state index contributed by atoms with van der Waals surface area (Å²) >= 11 is 0. The number of allylic oxidation sites excluding steroid dienone is 3. The maximum absolute atomic E-state index is 4.26. The summed E-state index contributed by atoms with van der Waals surface area (Å²) in [7, 11) is 0. The molecule has 0 saturated carbocycles. The molecule has 1 saturated heterocycles. The van der Waals surface area contributed by atoms with E-state index in [4.69, 9.17) is 0 Å². The minimum absolute atomic E-state index is 0.589. The Hall–Kier alpha value is -0.980. The molecule has 1 aliphatic heterocycles. The molecule has 0 aromatic heterocycles. The minimum atomic E-state index is 0.589. The third kappa shape index (κ3) is 3.51. The van der Waals surface area contributed by atoms with Crippen molar-refractivity contribution in [2.45, 2.75) is 47.0 Å². The summed E-state index contributed by atoms with van der Waals surface area (Å²) in [5.74, 6) is 1.84. The van der Waals surface area contributed by atoms with Gasteiger partial charge in [-0.15, -0.1) is 0 Å². The summed E-state index contributed by atoms with van der Waals surface area (Å²) in [4.78, 5) is 2.33. The number of hydrogen-bond acceptors (Lipinski definition) is 1. The lowest BCUT2D eigenvalue weighted by Gasteiger charge is -2.23. The van der Waals surface area contributed by atoms with Crippen molar-refractivity contribution in [2.75, 3.05) is 6.54 Å². The molecule has 0 amide bonds. The van der Waals surface area contributed by atoms with Gasteiger partial charge in [0.15, 0.2) is 0 Å². The van der Waals surface area contributed by atoms with Crippen LogP contribution in [0.25, 0.3) is 0 Å². The van der Waals surface area contributed by atoms with E-state index in [9.17, 15) is 0 Å². The molecule has 1 heteroatoms. The molecule has 0 bridgehead atoms. The molecule has 0 aromatic rings. The minimum Gasteiger partial charge on any atom is -0.349 e. The lowest BCUT2D eigenvalue weighted by molar-refractivity contribution is 0.399. The van der Waals surface area contributed by atoms with Crippen LogP contribution in [-0.2, 0) is 0 Å². The maximum Gasteiger partial charge on any atom is 0.0227 e. The molecule has 1 unspecified atom stereocenters. The topological polar surface area (TPSA) is 3.24 Å². The molecule has 102 valence electrons. The SMILES string of the molecule is C=C(CCCN1C(=C)CC(C(C)C)C1=C)C(C)C. The Bertz CT molecular complexity index is 336. The molecule has 18 heavy (non-hydrogen) atoms. The van der Waals surface area contributed by atoms with Gasteiger partial charge in [-0.3, -0.25) is 0 Å². The van der Waals surface area contributed by atoms with E-state index in [-0.39, 0.29) is 0 Å². The van der Waals surface area contributed by atoms with E-state index in [1.165, 1.54) is 17.0 Å². The Morgan fingerprint density at radius 1 is 1.28 bits per heavy atom. The molecular formula is C17H29N. The highest BCUT2D eigenvalue weighted by atomic mass is 15.2. The number of rotatable bonds is 6. The van der Waals surface area contributed by atoms with Gasteiger partial charge in [-0.2, -0.15) is 0 Å². The monoisotopic (exact) mass is 247 g/mol. The van der Waals surface area contributed by atoms with Gasteiger partial charge < -0.3 is 4.90 Å². The first-order valence-electron chi connectivity index (χ1n) is 7.16. The predicted molar refractivity (Wildman–Crippen MR) is 81.1 cm³/mol. The van der Waals surface area contributed by atoms with E-state index in [1.807, 2.05) is 0 Å². The average molecular weight is 247 g/mol. The van der Waals surface area contributed by atoms with Gasteiger partial charge in [-0.05, 0) is 31.1 Å². The summed E-state index contributed by atoms with van der Waals surface area (Å²) < 4.78 is 0. The van der Waals surface area contributed by atoms with Crippen LogP contribution in [0.2, 0.25) is 0 Å². The summed E-state index contributed by atoms with van der Waals surface area (Å²) in [6.45, 7) is 22.6. The van der Waals surface area contributed by atoms with Gasteiger partial charge in [0, 0.05) is 23.9 Å². The predicted octanol–water partition coefficient (Wildman–Crippen LogP) is 4.98. The lowest BCUT2D eigenvalue weighted by Crippen LogP contribution is -2.19. The molecule has 1 heterocycles. The van der Waals surface area contributed by atoms with Gasteiger partial charge in [0.25, 0.3) is 0 Å². The summed E-state index contributed by atoms with van der Waals surface area (Å²) in [5.41, 5.74) is 3.87. The molecular weight excluding hydrogens is 218 g/mol. The normalized spacial score (nSPS) is 20.3. The summed E-state index contributed by atoms with van der Waals surface area (Å²) in [6, 6.07) is 0. The van der Waals surface area contributed by atoms with E-state index in [1.54, 1.807) is 0 Å². The standard InChI is InChI=1S/C17H29N/c1-12(2)14(5)9-8-10-18-15(6)11-17(13(3)4)16(18)7/h12-13,17H,5-11H2,1-4H3. The van der Waals surface area contributed by atoms with Crippen LogP contribution in [0.1, 0.15) is 47.0 Å². The summed E-state index contributed by atoms with van der Waals surface area (Å²) in [5, 5.41) is 0. The highest BCUT2D eigenvalue weighted by Crippen LogP contribution is 2.38. The number of likely N-dealkylation sites (tertiary alicyclic amines) is 1. The fraction of sp³-hybridized carbons (Fsp3) is 0.647. The molecule has 0 aliphatic carbocycles. The van der Waals surface area contributed by atoms with Gasteiger partial charge in [0.2, 0.25) is 0 Å². The first kappa shape index (κ1) is 15.1. The first-order valence-corrected chi connectivity index (χ1v) is 7.16. The zero-order valence-corrected chi connectivity index (χ0v) is 12.6. The van der Waals surface area contributed by atoms with Crippen molar-refractivity contribution >= 4 is 0 Å². The number of hydrogen-bond donors (Lipinski definition) is 0. The highest BCUT2D eigenvalue weighted by molar-refractivity contribution is 5.20. The molecule has 0 spiro atoms. The van der Waals surface area contributed by atoms with Gasteiger partial charge >= 0.3 is 0 Å². The molecule has 1 aliphatic rings.